The molecule has 2 N–H and O–H groups in total. The van der Waals surface area contributed by atoms with E-state index in [0.29, 0.717) is 25.4 Å². The maximum absolute atomic E-state index is 11.4. The minimum Gasteiger partial charge on any atom is -0.476 e. The minimum atomic E-state index is -1.11. The van der Waals surface area contributed by atoms with E-state index >= 15 is 0 Å². The van der Waals surface area contributed by atoms with Gasteiger partial charge in [0.25, 0.3) is 0 Å². The number of nitrogens with one attached hydrogen (secondary N) is 1. The van der Waals surface area contributed by atoms with Gasteiger partial charge in [-0.3, -0.25) is 4.79 Å². The molecule has 0 aromatic carbocycles. The molecule has 1 rings (SSSR count). The number of hydrogen-bond acceptors (Lipinski definition) is 4. The molecular weight excluding hydrogens is 236 g/mol. The van der Waals surface area contributed by atoms with Crippen LogP contribution < -0.4 is 5.32 Å². The number of carbonyl (C=O) groups excluding carboxylic acids is 1. The van der Waals surface area contributed by atoms with Gasteiger partial charge in [-0.05, 0) is 12.3 Å². The Hall–Kier alpha value is -1.92. The van der Waals surface area contributed by atoms with Crippen molar-refractivity contribution in [2.24, 2.45) is 5.92 Å². The lowest BCUT2D eigenvalue weighted by atomic mass is 10.1. The summed E-state index contributed by atoms with van der Waals surface area (Å²) in [7, 11) is 0. The molecule has 0 radical (unpaired) electrons. The zero-order valence-corrected chi connectivity index (χ0v) is 10.6. The van der Waals surface area contributed by atoms with Crippen LogP contribution in [-0.4, -0.2) is 38.5 Å². The first-order valence-corrected chi connectivity index (χ1v) is 5.89. The molecule has 0 spiro atoms. The summed E-state index contributed by atoms with van der Waals surface area (Å²) < 4.78 is 1.40. The second kappa shape index (κ2) is 6.73. The molecule has 7 nitrogen and oxygen atoms in total. The Bertz CT molecular complexity index is 414. The predicted molar refractivity (Wildman–Crippen MR) is 64.1 cm³/mol. The summed E-state index contributed by atoms with van der Waals surface area (Å²) >= 11 is 0. The standard InChI is InChI=1S/C11H18N4O3/c1-8(2)3-4-10(16)12-5-6-15-7-9(11(17)18)13-14-15/h7-8H,3-6H2,1-2H3,(H,12,16)(H,17,18). The highest BCUT2D eigenvalue weighted by Gasteiger charge is 2.08. The third kappa shape index (κ3) is 4.94. The average molecular weight is 254 g/mol. The summed E-state index contributed by atoms with van der Waals surface area (Å²) in [6, 6.07) is 0. The van der Waals surface area contributed by atoms with Crippen LogP contribution in [0, 0.1) is 5.92 Å². The highest BCUT2D eigenvalue weighted by molar-refractivity contribution is 5.84. The van der Waals surface area contributed by atoms with Crippen LogP contribution in [0.25, 0.3) is 0 Å². The van der Waals surface area contributed by atoms with Crippen molar-refractivity contribution in [2.45, 2.75) is 33.2 Å². The average Bonchev–Trinajstić information content (AvgIpc) is 2.75. The van der Waals surface area contributed by atoms with Crippen molar-refractivity contribution in [1.29, 1.82) is 0 Å². The highest BCUT2D eigenvalue weighted by atomic mass is 16.4. The minimum absolute atomic E-state index is 0.00210. The molecule has 1 heterocycles. The SMILES string of the molecule is CC(C)CCC(=O)NCCn1cc(C(=O)O)nn1. The molecule has 1 aromatic heterocycles. The summed E-state index contributed by atoms with van der Waals surface area (Å²) in [5, 5.41) is 18.5. The molecule has 0 fully saturated rings. The molecule has 18 heavy (non-hydrogen) atoms. The lowest BCUT2D eigenvalue weighted by Gasteiger charge is -2.06. The molecule has 1 aromatic rings. The molecule has 0 saturated heterocycles. The Labute approximate surface area is 105 Å². The van der Waals surface area contributed by atoms with Crippen molar-refractivity contribution in [3.8, 4) is 0 Å². The van der Waals surface area contributed by atoms with E-state index < -0.39 is 5.97 Å². The van der Waals surface area contributed by atoms with Crippen LogP contribution in [0.3, 0.4) is 0 Å². The Morgan fingerprint density at radius 2 is 2.22 bits per heavy atom. The lowest BCUT2D eigenvalue weighted by Crippen LogP contribution is -2.27. The molecule has 1 amide bonds. The molecule has 0 atom stereocenters. The van der Waals surface area contributed by atoms with Crippen molar-refractivity contribution in [2.75, 3.05) is 6.54 Å². The Kier molecular flexibility index (Phi) is 5.29. The quantitative estimate of drug-likeness (QED) is 0.739. The Balaban J connectivity index is 2.24. The van der Waals surface area contributed by atoms with Gasteiger partial charge in [0.2, 0.25) is 5.91 Å². The number of amides is 1. The molecule has 0 aliphatic carbocycles. The first-order chi connectivity index (χ1) is 8.49. The summed E-state index contributed by atoms with van der Waals surface area (Å²) in [5.74, 6) is -0.603. The fraction of sp³-hybridized carbons (Fsp3) is 0.636. The second-order valence-corrected chi connectivity index (χ2v) is 4.45. The van der Waals surface area contributed by atoms with Crippen LogP contribution in [0.15, 0.2) is 6.20 Å². The third-order valence-electron chi connectivity index (χ3n) is 2.37. The van der Waals surface area contributed by atoms with Crippen molar-refractivity contribution in [1.82, 2.24) is 20.3 Å². The summed E-state index contributed by atoms with van der Waals surface area (Å²) in [4.78, 5) is 22.0. The van der Waals surface area contributed by atoms with E-state index in [-0.39, 0.29) is 11.6 Å². The summed E-state index contributed by atoms with van der Waals surface area (Å²) in [6.45, 7) is 4.96. The monoisotopic (exact) mass is 254 g/mol. The number of carboxylic acid groups (broad SMARTS) is 1. The van der Waals surface area contributed by atoms with Crippen LogP contribution in [0.1, 0.15) is 37.2 Å². The molecule has 0 bridgehead atoms. The number of hydrogen-bond donors (Lipinski definition) is 2. The fourth-order valence-corrected chi connectivity index (χ4v) is 1.32. The van der Waals surface area contributed by atoms with Crippen molar-refractivity contribution in [3.63, 3.8) is 0 Å². The third-order valence-corrected chi connectivity index (χ3v) is 2.37. The van der Waals surface area contributed by atoms with Gasteiger partial charge in [0, 0.05) is 13.0 Å². The molecule has 0 unspecified atom stereocenters. The summed E-state index contributed by atoms with van der Waals surface area (Å²) in [6.07, 6.45) is 2.70. The number of aromatic nitrogens is 3. The van der Waals surface area contributed by atoms with Crippen LogP contribution in [-0.2, 0) is 11.3 Å². The van der Waals surface area contributed by atoms with Gasteiger partial charge in [0.15, 0.2) is 5.69 Å². The zero-order chi connectivity index (χ0) is 13.5. The van der Waals surface area contributed by atoms with Gasteiger partial charge in [-0.2, -0.15) is 0 Å². The smallest absolute Gasteiger partial charge is 0.358 e. The van der Waals surface area contributed by atoms with Crippen LogP contribution in [0.4, 0.5) is 0 Å². The van der Waals surface area contributed by atoms with Gasteiger partial charge in [0.05, 0.1) is 12.7 Å². The maximum Gasteiger partial charge on any atom is 0.358 e. The van der Waals surface area contributed by atoms with Gasteiger partial charge in [-0.25, -0.2) is 9.48 Å². The maximum atomic E-state index is 11.4. The summed E-state index contributed by atoms with van der Waals surface area (Å²) in [5.41, 5.74) is -0.0962. The van der Waals surface area contributed by atoms with E-state index in [2.05, 4.69) is 29.5 Å². The van der Waals surface area contributed by atoms with Crippen molar-refractivity contribution >= 4 is 11.9 Å². The first kappa shape index (κ1) is 14.1. The van der Waals surface area contributed by atoms with E-state index in [0.717, 1.165) is 6.42 Å². The first-order valence-electron chi connectivity index (χ1n) is 5.89. The molecule has 7 heteroatoms. The van der Waals surface area contributed by atoms with E-state index in [4.69, 9.17) is 5.11 Å². The van der Waals surface area contributed by atoms with E-state index in [1.807, 2.05) is 0 Å². The van der Waals surface area contributed by atoms with Gasteiger partial charge in [0.1, 0.15) is 0 Å². The molecule has 0 saturated carbocycles. The Morgan fingerprint density at radius 3 is 2.78 bits per heavy atom. The van der Waals surface area contributed by atoms with Crippen molar-refractivity contribution < 1.29 is 14.7 Å². The zero-order valence-electron chi connectivity index (χ0n) is 10.6. The topological polar surface area (TPSA) is 97.1 Å². The number of nitrogens with zero attached hydrogens (tertiary/aromatic N) is 3. The normalized spacial score (nSPS) is 10.6. The highest BCUT2D eigenvalue weighted by Crippen LogP contribution is 2.02. The molecule has 0 aliphatic rings. The van der Waals surface area contributed by atoms with Gasteiger partial charge in [-0.15, -0.1) is 5.10 Å². The van der Waals surface area contributed by atoms with Gasteiger partial charge < -0.3 is 10.4 Å². The largest absolute Gasteiger partial charge is 0.476 e. The van der Waals surface area contributed by atoms with E-state index in [1.165, 1.54) is 10.9 Å². The van der Waals surface area contributed by atoms with Crippen LogP contribution in [0.2, 0.25) is 0 Å². The van der Waals surface area contributed by atoms with Crippen LogP contribution in [0.5, 0.6) is 0 Å². The van der Waals surface area contributed by atoms with Gasteiger partial charge in [-0.1, -0.05) is 19.1 Å². The van der Waals surface area contributed by atoms with Crippen molar-refractivity contribution in [3.05, 3.63) is 11.9 Å². The van der Waals surface area contributed by atoms with E-state index in [1.54, 1.807) is 0 Å². The van der Waals surface area contributed by atoms with Crippen LogP contribution >= 0.6 is 0 Å². The molecule has 100 valence electrons. The number of carboxylic acids is 1. The van der Waals surface area contributed by atoms with Gasteiger partial charge >= 0.3 is 5.97 Å². The number of rotatable bonds is 7. The van der Waals surface area contributed by atoms with E-state index in [9.17, 15) is 9.59 Å². The second-order valence-electron chi connectivity index (χ2n) is 4.45. The molecule has 0 aliphatic heterocycles. The lowest BCUT2D eigenvalue weighted by molar-refractivity contribution is -0.121. The Morgan fingerprint density at radius 1 is 1.50 bits per heavy atom. The number of aromatic carboxylic acids is 1. The fourth-order valence-electron chi connectivity index (χ4n) is 1.32. The number of carbonyl (C=O) groups is 2. The predicted octanol–water partition coefficient (Wildman–Crippen LogP) is 0.529. The molecular formula is C11H18N4O3.